The van der Waals surface area contributed by atoms with Crippen molar-refractivity contribution in [3.63, 3.8) is 0 Å². The van der Waals surface area contributed by atoms with Crippen molar-refractivity contribution in [3.05, 3.63) is 29.3 Å². The Morgan fingerprint density at radius 1 is 1.35 bits per heavy atom. The van der Waals surface area contributed by atoms with Crippen LogP contribution in [0.25, 0.3) is 0 Å². The second-order valence-corrected chi connectivity index (χ2v) is 5.83. The molecule has 4 nitrogen and oxygen atoms in total. The summed E-state index contributed by atoms with van der Waals surface area (Å²) in [5.41, 5.74) is 1.87. The number of benzene rings is 1. The summed E-state index contributed by atoms with van der Waals surface area (Å²) >= 11 is 0. The summed E-state index contributed by atoms with van der Waals surface area (Å²) in [6.45, 7) is 6.58. The summed E-state index contributed by atoms with van der Waals surface area (Å²) in [4.78, 5) is 25.9. The smallest absolute Gasteiger partial charge is 0.251 e. The van der Waals surface area contributed by atoms with Gasteiger partial charge >= 0.3 is 0 Å². The van der Waals surface area contributed by atoms with Gasteiger partial charge in [-0.1, -0.05) is 13.3 Å². The largest absolute Gasteiger partial charge is 0.352 e. The van der Waals surface area contributed by atoms with Gasteiger partial charge in [0.05, 0.1) is 5.41 Å². The zero-order chi connectivity index (χ0) is 14.9. The van der Waals surface area contributed by atoms with Crippen molar-refractivity contribution in [1.29, 1.82) is 0 Å². The molecule has 1 heterocycles. The van der Waals surface area contributed by atoms with E-state index in [9.17, 15) is 9.59 Å². The number of amides is 2. The van der Waals surface area contributed by atoms with E-state index in [1.807, 2.05) is 26.0 Å². The van der Waals surface area contributed by atoms with Crippen molar-refractivity contribution in [1.82, 2.24) is 5.32 Å². The average Bonchev–Trinajstić information content (AvgIpc) is 2.60. The van der Waals surface area contributed by atoms with E-state index in [4.69, 9.17) is 0 Å². The zero-order valence-corrected chi connectivity index (χ0v) is 12.6. The van der Waals surface area contributed by atoms with Crippen LogP contribution in [0.2, 0.25) is 0 Å². The Morgan fingerprint density at radius 2 is 2.05 bits per heavy atom. The molecule has 2 amide bonds. The third kappa shape index (κ3) is 2.30. The molecule has 1 N–H and O–H groups in total. The number of likely N-dealkylation sites (N-methyl/N-ethyl adjacent to an activating group) is 1. The van der Waals surface area contributed by atoms with Crippen LogP contribution in [0.1, 0.15) is 49.5 Å². The van der Waals surface area contributed by atoms with Gasteiger partial charge in [-0.05, 0) is 44.0 Å². The number of hydrogen-bond donors (Lipinski definition) is 1. The van der Waals surface area contributed by atoms with Crippen molar-refractivity contribution in [3.8, 4) is 0 Å². The molecule has 20 heavy (non-hydrogen) atoms. The van der Waals surface area contributed by atoms with E-state index < -0.39 is 5.41 Å². The Labute approximate surface area is 120 Å². The van der Waals surface area contributed by atoms with Crippen molar-refractivity contribution >= 4 is 17.5 Å². The molecular weight excluding hydrogens is 252 g/mol. The number of anilines is 1. The molecule has 0 saturated heterocycles. The van der Waals surface area contributed by atoms with Crippen LogP contribution in [0, 0.1) is 0 Å². The van der Waals surface area contributed by atoms with Crippen molar-refractivity contribution in [2.75, 3.05) is 18.5 Å². The van der Waals surface area contributed by atoms with Gasteiger partial charge in [-0.25, -0.2) is 0 Å². The first-order chi connectivity index (χ1) is 9.39. The van der Waals surface area contributed by atoms with Gasteiger partial charge in [-0.3, -0.25) is 9.59 Å². The first-order valence-electron chi connectivity index (χ1n) is 7.10. The molecule has 0 radical (unpaired) electrons. The first-order valence-corrected chi connectivity index (χ1v) is 7.10. The van der Waals surface area contributed by atoms with Crippen molar-refractivity contribution in [2.45, 2.75) is 39.0 Å². The minimum absolute atomic E-state index is 0.0658. The summed E-state index contributed by atoms with van der Waals surface area (Å²) in [5.74, 6) is -0.00454. The van der Waals surface area contributed by atoms with Gasteiger partial charge in [0.1, 0.15) is 0 Å². The Balaban J connectivity index is 2.27. The molecule has 0 atom stereocenters. The molecule has 4 heteroatoms. The SMILES string of the molecule is CCCCNC(=O)c1ccc2c(c1)C(C)(C)C(=O)N2C. The van der Waals surface area contributed by atoms with E-state index in [-0.39, 0.29) is 11.8 Å². The third-order valence-electron chi connectivity index (χ3n) is 3.95. The molecule has 1 aromatic rings. The maximum atomic E-state index is 12.2. The summed E-state index contributed by atoms with van der Waals surface area (Å²) < 4.78 is 0. The molecule has 0 aromatic heterocycles. The lowest BCUT2D eigenvalue weighted by atomic mass is 9.85. The number of nitrogens with zero attached hydrogens (tertiary/aromatic N) is 1. The monoisotopic (exact) mass is 274 g/mol. The fraction of sp³-hybridized carbons (Fsp3) is 0.500. The Morgan fingerprint density at radius 3 is 2.70 bits per heavy atom. The maximum absolute atomic E-state index is 12.2. The molecule has 0 unspecified atom stereocenters. The molecule has 1 aromatic carbocycles. The van der Waals surface area contributed by atoms with Gasteiger partial charge in [-0.2, -0.15) is 0 Å². The lowest BCUT2D eigenvalue weighted by molar-refractivity contribution is -0.121. The van der Waals surface area contributed by atoms with E-state index in [1.165, 1.54) is 0 Å². The fourth-order valence-corrected chi connectivity index (χ4v) is 2.59. The molecular formula is C16H22N2O2. The molecule has 108 valence electrons. The maximum Gasteiger partial charge on any atom is 0.251 e. The van der Waals surface area contributed by atoms with Gasteiger partial charge in [0, 0.05) is 24.8 Å². The summed E-state index contributed by atoms with van der Waals surface area (Å²) in [6, 6.07) is 5.49. The van der Waals surface area contributed by atoms with E-state index in [0.717, 1.165) is 24.1 Å². The highest BCUT2D eigenvalue weighted by Gasteiger charge is 2.42. The lowest BCUT2D eigenvalue weighted by Gasteiger charge is -2.16. The van der Waals surface area contributed by atoms with Crippen LogP contribution >= 0.6 is 0 Å². The van der Waals surface area contributed by atoms with E-state index in [0.29, 0.717) is 12.1 Å². The van der Waals surface area contributed by atoms with E-state index in [2.05, 4.69) is 12.2 Å². The molecule has 0 aliphatic carbocycles. The highest BCUT2D eigenvalue weighted by molar-refractivity contribution is 6.08. The fourth-order valence-electron chi connectivity index (χ4n) is 2.59. The van der Waals surface area contributed by atoms with Crippen LogP contribution in [0.15, 0.2) is 18.2 Å². The summed E-state index contributed by atoms with van der Waals surface area (Å²) in [6.07, 6.45) is 2.03. The number of unbranched alkanes of at least 4 members (excludes halogenated alkanes) is 1. The molecule has 0 spiro atoms. The molecule has 0 fully saturated rings. The van der Waals surface area contributed by atoms with Gasteiger partial charge in [-0.15, -0.1) is 0 Å². The number of hydrogen-bond acceptors (Lipinski definition) is 2. The Kier molecular flexibility index (Phi) is 3.84. The van der Waals surface area contributed by atoms with Gasteiger partial charge in [0.15, 0.2) is 0 Å². The number of fused-ring (bicyclic) bond motifs is 1. The second-order valence-electron chi connectivity index (χ2n) is 5.83. The molecule has 0 saturated carbocycles. The van der Waals surface area contributed by atoms with Crippen LogP contribution in [-0.2, 0) is 10.2 Å². The number of rotatable bonds is 4. The predicted molar refractivity (Wildman–Crippen MR) is 80.1 cm³/mol. The van der Waals surface area contributed by atoms with Crippen LogP contribution in [0.3, 0.4) is 0 Å². The molecule has 1 aliphatic heterocycles. The number of nitrogens with one attached hydrogen (secondary N) is 1. The van der Waals surface area contributed by atoms with E-state index >= 15 is 0 Å². The van der Waals surface area contributed by atoms with E-state index in [1.54, 1.807) is 18.0 Å². The quantitative estimate of drug-likeness (QED) is 0.857. The Bertz CT molecular complexity index is 549. The van der Waals surface area contributed by atoms with Crippen LogP contribution < -0.4 is 10.2 Å². The second kappa shape index (κ2) is 5.27. The number of carbonyl (C=O) groups is 2. The predicted octanol–water partition coefficient (Wildman–Crippen LogP) is 2.47. The van der Waals surface area contributed by atoms with Crippen LogP contribution in [0.4, 0.5) is 5.69 Å². The summed E-state index contributed by atoms with van der Waals surface area (Å²) in [5, 5.41) is 2.90. The van der Waals surface area contributed by atoms with Crippen molar-refractivity contribution in [2.24, 2.45) is 0 Å². The number of carbonyl (C=O) groups excluding carboxylic acids is 2. The van der Waals surface area contributed by atoms with Gasteiger partial charge in [0.2, 0.25) is 5.91 Å². The van der Waals surface area contributed by atoms with Crippen molar-refractivity contribution < 1.29 is 9.59 Å². The Hall–Kier alpha value is -1.84. The molecule has 2 rings (SSSR count). The normalized spacial score (nSPS) is 16.2. The summed E-state index contributed by atoms with van der Waals surface area (Å²) in [7, 11) is 1.77. The highest BCUT2D eigenvalue weighted by Crippen LogP contribution is 2.40. The lowest BCUT2D eigenvalue weighted by Crippen LogP contribution is -2.33. The standard InChI is InChI=1S/C16H22N2O2/c1-5-6-9-17-14(19)11-7-8-13-12(10-11)16(2,3)15(20)18(13)4/h7-8,10H,5-6,9H2,1-4H3,(H,17,19). The van der Waals surface area contributed by atoms with Crippen LogP contribution in [-0.4, -0.2) is 25.4 Å². The van der Waals surface area contributed by atoms with Gasteiger partial charge < -0.3 is 10.2 Å². The van der Waals surface area contributed by atoms with Crippen LogP contribution in [0.5, 0.6) is 0 Å². The topological polar surface area (TPSA) is 49.4 Å². The molecule has 0 bridgehead atoms. The average molecular weight is 274 g/mol. The third-order valence-corrected chi connectivity index (χ3v) is 3.95. The minimum atomic E-state index is -0.566. The van der Waals surface area contributed by atoms with Gasteiger partial charge in [0.25, 0.3) is 5.91 Å². The minimum Gasteiger partial charge on any atom is -0.352 e. The highest BCUT2D eigenvalue weighted by atomic mass is 16.2. The first kappa shape index (κ1) is 14.6. The molecule has 1 aliphatic rings. The zero-order valence-electron chi connectivity index (χ0n) is 12.6.